The molecule has 1 fully saturated rings. The van der Waals surface area contributed by atoms with Crippen LogP contribution in [0.1, 0.15) is 42.3 Å². The maximum absolute atomic E-state index is 13.4. The summed E-state index contributed by atoms with van der Waals surface area (Å²) in [5, 5.41) is 0. The van der Waals surface area contributed by atoms with Crippen LogP contribution < -0.4 is 4.90 Å². The number of anilines is 1. The van der Waals surface area contributed by atoms with E-state index < -0.39 is 11.7 Å². The first-order valence-corrected chi connectivity index (χ1v) is 7.48. The molecule has 0 saturated carbocycles. The first kappa shape index (κ1) is 15.2. The zero-order chi connectivity index (χ0) is 16.2. The Morgan fingerprint density at radius 3 is 2.36 bits per heavy atom. The van der Waals surface area contributed by atoms with Gasteiger partial charge in [-0.05, 0) is 37.5 Å². The smallest absolute Gasteiger partial charge is 0.371 e. The van der Waals surface area contributed by atoms with Crippen LogP contribution in [0.15, 0.2) is 12.1 Å². The molecule has 2 aliphatic rings. The van der Waals surface area contributed by atoms with Crippen LogP contribution in [0.2, 0.25) is 0 Å². The predicted molar refractivity (Wildman–Crippen MR) is 77.8 cm³/mol. The monoisotopic (exact) mass is 312 g/mol. The van der Waals surface area contributed by atoms with E-state index in [4.69, 9.17) is 0 Å². The summed E-state index contributed by atoms with van der Waals surface area (Å²) in [5.41, 5.74) is 0.154. The predicted octanol–water partition coefficient (Wildman–Crippen LogP) is 3.53. The molecule has 1 aromatic carbocycles. The van der Waals surface area contributed by atoms with Crippen molar-refractivity contribution in [2.45, 2.75) is 39.5 Å². The molecule has 0 atom stereocenters. The van der Waals surface area contributed by atoms with Gasteiger partial charge in [-0.2, -0.15) is 13.2 Å². The number of fused-ring (bicyclic) bond motifs is 1. The van der Waals surface area contributed by atoms with Crippen molar-refractivity contribution >= 4 is 11.6 Å². The van der Waals surface area contributed by atoms with Crippen molar-refractivity contribution in [3.63, 3.8) is 0 Å². The Bertz CT molecular complexity index is 619. The first-order chi connectivity index (χ1) is 10.2. The fourth-order valence-corrected chi connectivity index (χ4v) is 3.18. The number of carbonyl (C=O) groups is 1. The molecule has 3 nitrogen and oxygen atoms in total. The zero-order valence-electron chi connectivity index (χ0n) is 12.9. The minimum Gasteiger partial charge on any atom is -0.371 e. The number of hydrogen-bond acceptors (Lipinski definition) is 2. The third kappa shape index (κ3) is 2.34. The Morgan fingerprint density at radius 2 is 1.86 bits per heavy atom. The van der Waals surface area contributed by atoms with Gasteiger partial charge in [0.05, 0.1) is 5.56 Å². The lowest BCUT2D eigenvalue weighted by atomic mass is 9.97. The van der Waals surface area contributed by atoms with E-state index in [0.717, 1.165) is 13.1 Å². The maximum atomic E-state index is 13.4. The number of benzene rings is 1. The van der Waals surface area contributed by atoms with E-state index in [-0.39, 0.29) is 29.6 Å². The Hall–Kier alpha value is -1.72. The highest BCUT2D eigenvalue weighted by atomic mass is 19.4. The number of hydrogen-bond donors (Lipinski definition) is 0. The standard InChI is InChI=1S/C16H19F3N2O/c1-9(2)21-8-13-12(15(21)22)4-11(20-6-10(3)7-20)5-14(13)16(17,18)19/h4-5,9-10H,6-8H2,1-3H3. The van der Waals surface area contributed by atoms with E-state index in [2.05, 4.69) is 6.92 Å². The molecule has 0 radical (unpaired) electrons. The lowest BCUT2D eigenvalue weighted by Gasteiger charge is -2.39. The van der Waals surface area contributed by atoms with Gasteiger partial charge in [-0.25, -0.2) is 0 Å². The van der Waals surface area contributed by atoms with Crippen molar-refractivity contribution in [3.05, 3.63) is 28.8 Å². The molecular formula is C16H19F3N2O. The highest BCUT2D eigenvalue weighted by molar-refractivity contribution is 6.00. The molecule has 0 unspecified atom stereocenters. The molecule has 0 N–H and O–H groups in total. The van der Waals surface area contributed by atoms with Crippen LogP contribution in [0.3, 0.4) is 0 Å². The van der Waals surface area contributed by atoms with E-state index in [1.165, 1.54) is 11.0 Å². The molecule has 6 heteroatoms. The van der Waals surface area contributed by atoms with Crippen molar-refractivity contribution in [3.8, 4) is 0 Å². The summed E-state index contributed by atoms with van der Waals surface area (Å²) < 4.78 is 40.2. The first-order valence-electron chi connectivity index (χ1n) is 7.48. The largest absolute Gasteiger partial charge is 0.416 e. The molecule has 0 spiro atoms. The van der Waals surface area contributed by atoms with Crippen LogP contribution >= 0.6 is 0 Å². The van der Waals surface area contributed by atoms with Crippen molar-refractivity contribution in [2.24, 2.45) is 5.92 Å². The van der Waals surface area contributed by atoms with Gasteiger partial charge in [-0.1, -0.05) is 6.92 Å². The summed E-state index contributed by atoms with van der Waals surface area (Å²) in [6, 6.07) is 2.71. The van der Waals surface area contributed by atoms with Crippen LogP contribution in [-0.2, 0) is 12.7 Å². The van der Waals surface area contributed by atoms with Gasteiger partial charge < -0.3 is 9.80 Å². The van der Waals surface area contributed by atoms with E-state index in [1.807, 2.05) is 18.7 Å². The molecule has 1 amide bonds. The molecule has 0 bridgehead atoms. The number of alkyl halides is 3. The van der Waals surface area contributed by atoms with Gasteiger partial charge in [-0.3, -0.25) is 4.79 Å². The van der Waals surface area contributed by atoms with Gasteiger partial charge in [0.15, 0.2) is 0 Å². The number of rotatable bonds is 2. The molecule has 3 rings (SSSR count). The minimum atomic E-state index is -4.44. The topological polar surface area (TPSA) is 23.6 Å². The summed E-state index contributed by atoms with van der Waals surface area (Å²) in [5.74, 6) is 0.177. The SMILES string of the molecule is CC1CN(c2cc3c(c(C(F)(F)F)c2)CN(C(C)C)C3=O)C1. The van der Waals surface area contributed by atoms with Gasteiger partial charge in [-0.15, -0.1) is 0 Å². The average Bonchev–Trinajstić information content (AvgIpc) is 2.71. The Kier molecular flexibility index (Phi) is 3.38. The van der Waals surface area contributed by atoms with Crippen molar-refractivity contribution in [2.75, 3.05) is 18.0 Å². The van der Waals surface area contributed by atoms with Gasteiger partial charge >= 0.3 is 6.18 Å². The molecule has 0 aromatic heterocycles. The number of halogens is 3. The molecular weight excluding hydrogens is 293 g/mol. The summed E-state index contributed by atoms with van der Waals surface area (Å²) in [6.45, 7) is 7.19. The summed E-state index contributed by atoms with van der Waals surface area (Å²) in [6.07, 6.45) is -4.44. The molecule has 22 heavy (non-hydrogen) atoms. The van der Waals surface area contributed by atoms with Gasteiger partial charge in [0.2, 0.25) is 0 Å². The van der Waals surface area contributed by atoms with Crippen LogP contribution in [-0.4, -0.2) is 29.9 Å². The van der Waals surface area contributed by atoms with Crippen molar-refractivity contribution < 1.29 is 18.0 Å². The van der Waals surface area contributed by atoms with E-state index in [0.29, 0.717) is 11.6 Å². The molecule has 2 aliphatic heterocycles. The second-order valence-electron chi connectivity index (χ2n) is 6.55. The van der Waals surface area contributed by atoms with Crippen LogP contribution in [0, 0.1) is 5.92 Å². The molecule has 0 aliphatic carbocycles. The third-order valence-electron chi connectivity index (χ3n) is 4.41. The molecule has 2 heterocycles. The van der Waals surface area contributed by atoms with Gasteiger partial charge in [0, 0.05) is 36.9 Å². The van der Waals surface area contributed by atoms with Crippen LogP contribution in [0.4, 0.5) is 18.9 Å². The van der Waals surface area contributed by atoms with Crippen molar-refractivity contribution in [1.29, 1.82) is 0 Å². The lowest BCUT2D eigenvalue weighted by molar-refractivity contribution is -0.138. The summed E-state index contributed by atoms with van der Waals surface area (Å²) >= 11 is 0. The normalized spacial score (nSPS) is 19.0. The Balaban J connectivity index is 2.08. The van der Waals surface area contributed by atoms with Gasteiger partial charge in [0.25, 0.3) is 5.91 Å². The van der Waals surface area contributed by atoms with E-state index >= 15 is 0 Å². The minimum absolute atomic E-state index is 0.0390. The molecule has 1 aromatic rings. The van der Waals surface area contributed by atoms with E-state index in [9.17, 15) is 18.0 Å². The number of amides is 1. The fourth-order valence-electron chi connectivity index (χ4n) is 3.18. The highest BCUT2D eigenvalue weighted by Crippen LogP contribution is 2.41. The van der Waals surface area contributed by atoms with Gasteiger partial charge in [0.1, 0.15) is 0 Å². The fraction of sp³-hybridized carbons (Fsp3) is 0.562. The quantitative estimate of drug-likeness (QED) is 0.834. The zero-order valence-corrected chi connectivity index (χ0v) is 12.9. The third-order valence-corrected chi connectivity index (χ3v) is 4.41. The Morgan fingerprint density at radius 1 is 1.23 bits per heavy atom. The van der Waals surface area contributed by atoms with Crippen LogP contribution in [0.5, 0.6) is 0 Å². The van der Waals surface area contributed by atoms with Crippen molar-refractivity contribution in [1.82, 2.24) is 4.90 Å². The maximum Gasteiger partial charge on any atom is 0.416 e. The highest BCUT2D eigenvalue weighted by Gasteiger charge is 2.41. The molecule has 1 saturated heterocycles. The number of nitrogens with zero attached hydrogens (tertiary/aromatic N) is 2. The summed E-state index contributed by atoms with van der Waals surface area (Å²) in [4.78, 5) is 15.8. The second kappa shape index (κ2) is 4.89. The second-order valence-corrected chi connectivity index (χ2v) is 6.55. The van der Waals surface area contributed by atoms with E-state index in [1.54, 1.807) is 6.07 Å². The van der Waals surface area contributed by atoms with Crippen LogP contribution in [0.25, 0.3) is 0 Å². The Labute approximate surface area is 127 Å². The average molecular weight is 312 g/mol. The summed E-state index contributed by atoms with van der Waals surface area (Å²) in [7, 11) is 0. The number of carbonyl (C=O) groups excluding carboxylic acids is 1. The molecule has 120 valence electrons. The lowest BCUT2D eigenvalue weighted by Crippen LogP contribution is -2.45.